The van der Waals surface area contributed by atoms with Gasteiger partial charge in [-0.2, -0.15) is 0 Å². The third kappa shape index (κ3) is 3.68. The van der Waals surface area contributed by atoms with E-state index in [0.29, 0.717) is 23.8 Å². The monoisotopic (exact) mass is 328 g/mol. The molecule has 2 nitrogen and oxygen atoms in total. The Morgan fingerprint density at radius 1 is 1.33 bits per heavy atom. The lowest BCUT2D eigenvalue weighted by Gasteiger charge is -2.07. The standard InChI is InChI=1S/C13H11BrClFN2/c14-10-7-12(15)13(18-8-10)17-5-4-9-2-1-3-11(16)6-9/h1-3,6-8H,4-5H2,(H,17,18). The minimum Gasteiger partial charge on any atom is -0.369 e. The molecule has 94 valence electrons. The maximum Gasteiger partial charge on any atom is 0.144 e. The van der Waals surface area contributed by atoms with Crippen molar-refractivity contribution in [3.8, 4) is 0 Å². The summed E-state index contributed by atoms with van der Waals surface area (Å²) >= 11 is 9.31. The minimum absolute atomic E-state index is 0.215. The number of benzene rings is 1. The molecule has 0 radical (unpaired) electrons. The van der Waals surface area contributed by atoms with Crippen molar-refractivity contribution < 1.29 is 4.39 Å². The molecule has 0 aliphatic carbocycles. The van der Waals surface area contributed by atoms with E-state index in [-0.39, 0.29) is 5.82 Å². The third-order valence-corrected chi connectivity index (χ3v) is 3.12. The van der Waals surface area contributed by atoms with Crippen LogP contribution < -0.4 is 5.32 Å². The molecule has 0 unspecified atom stereocenters. The first-order chi connectivity index (χ1) is 8.65. The van der Waals surface area contributed by atoms with Crippen molar-refractivity contribution in [2.24, 2.45) is 0 Å². The van der Waals surface area contributed by atoms with Gasteiger partial charge in [0.05, 0.1) is 5.02 Å². The summed E-state index contributed by atoms with van der Waals surface area (Å²) in [6, 6.07) is 8.33. The van der Waals surface area contributed by atoms with Crippen LogP contribution in [0.25, 0.3) is 0 Å². The molecule has 5 heteroatoms. The second-order valence-electron chi connectivity index (χ2n) is 3.79. The second-order valence-corrected chi connectivity index (χ2v) is 5.11. The normalized spacial score (nSPS) is 10.4. The summed E-state index contributed by atoms with van der Waals surface area (Å²) in [4.78, 5) is 4.16. The molecule has 18 heavy (non-hydrogen) atoms. The predicted octanol–water partition coefficient (Wildman–Crippen LogP) is 4.29. The van der Waals surface area contributed by atoms with Gasteiger partial charge in [0, 0.05) is 17.2 Å². The molecule has 0 amide bonds. The molecular weight excluding hydrogens is 319 g/mol. The molecule has 1 heterocycles. The number of halogens is 3. The highest BCUT2D eigenvalue weighted by Crippen LogP contribution is 2.22. The highest BCUT2D eigenvalue weighted by atomic mass is 79.9. The molecule has 0 aliphatic rings. The Bertz CT molecular complexity index is 548. The summed E-state index contributed by atoms with van der Waals surface area (Å²) in [5.41, 5.74) is 0.940. The van der Waals surface area contributed by atoms with Gasteiger partial charge in [-0.15, -0.1) is 0 Å². The lowest BCUT2D eigenvalue weighted by atomic mass is 10.1. The van der Waals surface area contributed by atoms with E-state index in [1.54, 1.807) is 18.3 Å². The Labute approximate surface area is 118 Å². The molecule has 0 fully saturated rings. The highest BCUT2D eigenvalue weighted by Gasteiger charge is 2.02. The second kappa shape index (κ2) is 6.16. The molecule has 0 atom stereocenters. The molecule has 1 N–H and O–H groups in total. The fourth-order valence-electron chi connectivity index (χ4n) is 1.56. The number of nitrogens with one attached hydrogen (secondary N) is 1. The zero-order valence-electron chi connectivity index (χ0n) is 9.46. The summed E-state index contributed by atoms with van der Waals surface area (Å²) in [7, 11) is 0. The zero-order valence-corrected chi connectivity index (χ0v) is 11.8. The number of aromatic nitrogens is 1. The minimum atomic E-state index is -0.215. The Hall–Kier alpha value is -1.13. The quantitative estimate of drug-likeness (QED) is 0.905. The fourth-order valence-corrected chi connectivity index (χ4v) is 2.26. The van der Waals surface area contributed by atoms with Crippen molar-refractivity contribution in [2.75, 3.05) is 11.9 Å². The molecule has 0 bridgehead atoms. The van der Waals surface area contributed by atoms with Crippen molar-refractivity contribution in [1.82, 2.24) is 4.98 Å². The van der Waals surface area contributed by atoms with Crippen LogP contribution in [-0.4, -0.2) is 11.5 Å². The predicted molar refractivity (Wildman–Crippen MR) is 75.5 cm³/mol. The Kier molecular flexibility index (Phi) is 4.55. The van der Waals surface area contributed by atoms with E-state index in [9.17, 15) is 4.39 Å². The lowest BCUT2D eigenvalue weighted by molar-refractivity contribution is 0.625. The van der Waals surface area contributed by atoms with Gasteiger partial charge in [-0.1, -0.05) is 23.7 Å². The zero-order chi connectivity index (χ0) is 13.0. The Balaban J connectivity index is 1.92. The van der Waals surface area contributed by atoms with E-state index >= 15 is 0 Å². The third-order valence-electron chi connectivity index (χ3n) is 2.40. The molecular formula is C13H11BrClFN2. The van der Waals surface area contributed by atoms with Crippen LogP contribution in [0, 0.1) is 5.82 Å². The molecule has 0 spiro atoms. The summed E-state index contributed by atoms with van der Waals surface area (Å²) in [5, 5.41) is 3.68. The van der Waals surface area contributed by atoms with E-state index in [4.69, 9.17) is 11.6 Å². The first-order valence-electron chi connectivity index (χ1n) is 5.44. The van der Waals surface area contributed by atoms with Gasteiger partial charge in [-0.05, 0) is 46.1 Å². The van der Waals surface area contributed by atoms with Crippen molar-refractivity contribution in [1.29, 1.82) is 0 Å². The molecule has 1 aromatic carbocycles. The number of rotatable bonds is 4. The molecule has 0 aliphatic heterocycles. The first kappa shape index (κ1) is 13.3. The highest BCUT2D eigenvalue weighted by molar-refractivity contribution is 9.10. The van der Waals surface area contributed by atoms with Gasteiger partial charge < -0.3 is 5.32 Å². The summed E-state index contributed by atoms with van der Waals surface area (Å²) in [6.45, 7) is 0.651. The van der Waals surface area contributed by atoms with Crippen LogP contribution in [0.15, 0.2) is 41.0 Å². The summed E-state index contributed by atoms with van der Waals surface area (Å²) < 4.78 is 13.8. The largest absolute Gasteiger partial charge is 0.369 e. The van der Waals surface area contributed by atoms with Crippen LogP contribution in [-0.2, 0) is 6.42 Å². The number of anilines is 1. The number of nitrogens with zero attached hydrogens (tertiary/aromatic N) is 1. The van der Waals surface area contributed by atoms with Crippen molar-refractivity contribution in [3.05, 3.63) is 57.4 Å². The van der Waals surface area contributed by atoms with E-state index in [2.05, 4.69) is 26.2 Å². The van der Waals surface area contributed by atoms with E-state index < -0.39 is 0 Å². The van der Waals surface area contributed by atoms with Gasteiger partial charge in [0.2, 0.25) is 0 Å². The van der Waals surface area contributed by atoms with Gasteiger partial charge in [0.1, 0.15) is 11.6 Å². The summed E-state index contributed by atoms with van der Waals surface area (Å²) in [6.07, 6.45) is 2.39. The van der Waals surface area contributed by atoms with Crippen LogP contribution in [0.5, 0.6) is 0 Å². The number of pyridine rings is 1. The van der Waals surface area contributed by atoms with E-state index in [1.165, 1.54) is 12.1 Å². The van der Waals surface area contributed by atoms with Crippen LogP contribution in [0.3, 0.4) is 0 Å². The smallest absolute Gasteiger partial charge is 0.144 e. The summed E-state index contributed by atoms with van der Waals surface area (Å²) in [5.74, 6) is 0.420. The molecule has 2 aromatic rings. The first-order valence-corrected chi connectivity index (χ1v) is 6.61. The molecule has 0 saturated heterocycles. The number of hydrogen-bond acceptors (Lipinski definition) is 2. The van der Waals surface area contributed by atoms with Gasteiger partial charge in [-0.3, -0.25) is 0 Å². The Morgan fingerprint density at radius 2 is 2.17 bits per heavy atom. The molecule has 0 saturated carbocycles. The lowest BCUT2D eigenvalue weighted by Crippen LogP contribution is -2.06. The van der Waals surface area contributed by atoms with Crippen molar-refractivity contribution in [3.63, 3.8) is 0 Å². The van der Waals surface area contributed by atoms with Gasteiger partial charge in [0.25, 0.3) is 0 Å². The van der Waals surface area contributed by atoms with E-state index in [1.807, 2.05) is 6.07 Å². The average molecular weight is 330 g/mol. The van der Waals surface area contributed by atoms with Gasteiger partial charge >= 0.3 is 0 Å². The maximum atomic E-state index is 13.0. The Morgan fingerprint density at radius 3 is 2.89 bits per heavy atom. The number of hydrogen-bond donors (Lipinski definition) is 1. The van der Waals surface area contributed by atoms with Crippen molar-refractivity contribution in [2.45, 2.75) is 6.42 Å². The SMILES string of the molecule is Fc1cccc(CCNc2ncc(Br)cc2Cl)c1. The molecule has 1 aromatic heterocycles. The van der Waals surface area contributed by atoms with Crippen molar-refractivity contribution >= 4 is 33.3 Å². The topological polar surface area (TPSA) is 24.9 Å². The van der Waals surface area contributed by atoms with Crippen LogP contribution in [0.2, 0.25) is 5.02 Å². The van der Waals surface area contributed by atoms with Gasteiger partial charge in [-0.25, -0.2) is 9.37 Å². The average Bonchev–Trinajstić information content (AvgIpc) is 2.32. The van der Waals surface area contributed by atoms with Crippen LogP contribution in [0.4, 0.5) is 10.2 Å². The molecule has 2 rings (SSSR count). The fraction of sp³-hybridized carbons (Fsp3) is 0.154. The van der Waals surface area contributed by atoms with Crippen LogP contribution >= 0.6 is 27.5 Å². The maximum absolute atomic E-state index is 13.0. The van der Waals surface area contributed by atoms with Crippen LogP contribution in [0.1, 0.15) is 5.56 Å². The van der Waals surface area contributed by atoms with Gasteiger partial charge in [0.15, 0.2) is 0 Å². The van der Waals surface area contributed by atoms with E-state index in [0.717, 1.165) is 10.0 Å².